The van der Waals surface area contributed by atoms with E-state index in [4.69, 9.17) is 24.7 Å². The zero-order valence-corrected chi connectivity index (χ0v) is 14.0. The second kappa shape index (κ2) is 6.05. The van der Waals surface area contributed by atoms with E-state index in [1.807, 2.05) is 30.3 Å². The van der Waals surface area contributed by atoms with Gasteiger partial charge in [0, 0.05) is 29.3 Å². The Bertz CT molecular complexity index is 934. The molecule has 128 valence electrons. The lowest BCUT2D eigenvalue weighted by molar-refractivity contribution is 0.174. The Hall–Kier alpha value is -3.15. The van der Waals surface area contributed by atoms with Gasteiger partial charge >= 0.3 is 0 Å². The predicted molar refractivity (Wildman–Crippen MR) is 94.6 cm³/mol. The molecule has 6 nitrogen and oxygen atoms in total. The van der Waals surface area contributed by atoms with Gasteiger partial charge in [0.05, 0.1) is 14.2 Å². The number of aromatic nitrogens is 1. The summed E-state index contributed by atoms with van der Waals surface area (Å²) in [4.78, 5) is 4.55. The minimum Gasteiger partial charge on any atom is -0.496 e. The smallest absolute Gasteiger partial charge is 0.231 e. The number of nitrogens with two attached hydrogens (primary N) is 1. The quantitative estimate of drug-likeness (QED) is 0.787. The number of hydrogen-bond acceptors (Lipinski definition) is 6. The highest BCUT2D eigenvalue weighted by Gasteiger charge is 2.20. The average Bonchev–Trinajstić information content (AvgIpc) is 3.13. The van der Waals surface area contributed by atoms with E-state index in [2.05, 4.69) is 4.98 Å². The van der Waals surface area contributed by atoms with Gasteiger partial charge in [-0.15, -0.1) is 0 Å². The van der Waals surface area contributed by atoms with Gasteiger partial charge in [-0.3, -0.25) is 4.98 Å². The standard InChI is InChI=1S/C19H18N2O4/c1-22-14-4-3-5-15(23-2)13(14)8-11-9-21-18-12(17(11)20)6-7-16-19(18)25-10-24-16/h3-7,9H,8,10H2,1-2H3,(H2,20,21). The first-order valence-electron chi connectivity index (χ1n) is 7.88. The van der Waals surface area contributed by atoms with Crippen molar-refractivity contribution in [3.63, 3.8) is 0 Å². The van der Waals surface area contributed by atoms with Crippen LogP contribution < -0.4 is 24.7 Å². The first kappa shape index (κ1) is 15.4. The second-order valence-electron chi connectivity index (χ2n) is 5.71. The summed E-state index contributed by atoms with van der Waals surface area (Å²) < 4.78 is 21.9. The van der Waals surface area contributed by atoms with Gasteiger partial charge < -0.3 is 24.7 Å². The molecule has 0 atom stereocenters. The lowest BCUT2D eigenvalue weighted by Crippen LogP contribution is -2.02. The van der Waals surface area contributed by atoms with Crippen LogP contribution in [0.3, 0.4) is 0 Å². The molecule has 1 aliphatic heterocycles. The summed E-state index contributed by atoms with van der Waals surface area (Å²) in [6.45, 7) is 0.205. The van der Waals surface area contributed by atoms with Gasteiger partial charge in [-0.05, 0) is 29.8 Å². The Morgan fingerprint density at radius 1 is 1.08 bits per heavy atom. The number of rotatable bonds is 4. The van der Waals surface area contributed by atoms with Gasteiger partial charge in [0.15, 0.2) is 11.5 Å². The maximum absolute atomic E-state index is 6.43. The van der Waals surface area contributed by atoms with E-state index in [1.54, 1.807) is 20.4 Å². The van der Waals surface area contributed by atoms with Crippen LogP contribution in [0, 0.1) is 0 Å². The molecule has 1 aliphatic rings. The molecule has 0 bridgehead atoms. The summed E-state index contributed by atoms with van der Waals surface area (Å²) >= 11 is 0. The van der Waals surface area contributed by atoms with Gasteiger partial charge in [-0.2, -0.15) is 0 Å². The molecule has 2 heterocycles. The van der Waals surface area contributed by atoms with E-state index < -0.39 is 0 Å². The minimum atomic E-state index is 0.205. The number of ether oxygens (including phenoxy) is 4. The first-order chi connectivity index (χ1) is 12.2. The monoisotopic (exact) mass is 338 g/mol. The molecule has 0 fully saturated rings. The predicted octanol–water partition coefficient (Wildman–Crippen LogP) is 3.15. The van der Waals surface area contributed by atoms with Crippen LogP contribution in [0.5, 0.6) is 23.0 Å². The molecule has 6 heteroatoms. The molecule has 0 unspecified atom stereocenters. The zero-order valence-electron chi connectivity index (χ0n) is 14.0. The molecule has 0 radical (unpaired) electrons. The third-order valence-electron chi connectivity index (χ3n) is 4.40. The number of anilines is 1. The lowest BCUT2D eigenvalue weighted by Gasteiger charge is -2.15. The number of hydrogen-bond donors (Lipinski definition) is 1. The van der Waals surface area contributed by atoms with Crippen LogP contribution in [-0.4, -0.2) is 26.0 Å². The second-order valence-corrected chi connectivity index (χ2v) is 5.71. The molecule has 0 spiro atoms. The summed E-state index contributed by atoms with van der Waals surface area (Å²) in [5.74, 6) is 2.85. The molecule has 2 aromatic carbocycles. The van der Waals surface area contributed by atoms with Gasteiger partial charge in [-0.25, -0.2) is 0 Å². The van der Waals surface area contributed by atoms with Crippen molar-refractivity contribution in [1.29, 1.82) is 0 Å². The summed E-state index contributed by atoms with van der Waals surface area (Å²) in [7, 11) is 3.28. The molecular weight excluding hydrogens is 320 g/mol. The van der Waals surface area contributed by atoms with Crippen molar-refractivity contribution in [1.82, 2.24) is 4.98 Å². The molecule has 2 N–H and O–H groups in total. The van der Waals surface area contributed by atoms with Crippen LogP contribution in [0.4, 0.5) is 5.69 Å². The van der Waals surface area contributed by atoms with Crippen LogP contribution in [0.15, 0.2) is 36.5 Å². The normalized spacial score (nSPS) is 12.4. The van der Waals surface area contributed by atoms with E-state index in [9.17, 15) is 0 Å². The van der Waals surface area contributed by atoms with Gasteiger partial charge in [0.25, 0.3) is 0 Å². The van der Waals surface area contributed by atoms with Gasteiger partial charge in [-0.1, -0.05) is 6.07 Å². The Morgan fingerprint density at radius 3 is 2.56 bits per heavy atom. The summed E-state index contributed by atoms with van der Waals surface area (Å²) in [6.07, 6.45) is 2.32. The minimum absolute atomic E-state index is 0.205. The maximum atomic E-state index is 6.43. The number of pyridine rings is 1. The number of methoxy groups -OCH3 is 2. The van der Waals surface area contributed by atoms with Crippen LogP contribution in [0.1, 0.15) is 11.1 Å². The molecule has 0 aliphatic carbocycles. The summed E-state index contributed by atoms with van der Waals surface area (Å²) in [5.41, 5.74) is 9.63. The number of benzene rings is 2. The molecule has 1 aromatic heterocycles. The third kappa shape index (κ3) is 2.46. The van der Waals surface area contributed by atoms with Crippen LogP contribution in [-0.2, 0) is 6.42 Å². The van der Waals surface area contributed by atoms with E-state index in [0.29, 0.717) is 29.1 Å². The van der Waals surface area contributed by atoms with Crippen molar-refractivity contribution in [2.24, 2.45) is 0 Å². The Labute approximate surface area is 145 Å². The average molecular weight is 338 g/mol. The van der Waals surface area contributed by atoms with E-state index in [0.717, 1.165) is 28.0 Å². The number of fused-ring (bicyclic) bond motifs is 3. The number of nitrogen functional groups attached to an aromatic ring is 1. The van der Waals surface area contributed by atoms with Crippen molar-refractivity contribution < 1.29 is 18.9 Å². The molecule has 3 aromatic rings. The van der Waals surface area contributed by atoms with Crippen molar-refractivity contribution >= 4 is 16.6 Å². The van der Waals surface area contributed by atoms with Crippen molar-refractivity contribution in [2.75, 3.05) is 26.7 Å². The maximum Gasteiger partial charge on any atom is 0.231 e. The Balaban J connectivity index is 1.81. The lowest BCUT2D eigenvalue weighted by atomic mass is 10.0. The van der Waals surface area contributed by atoms with Crippen molar-refractivity contribution in [3.05, 3.63) is 47.7 Å². The van der Waals surface area contributed by atoms with E-state index in [-0.39, 0.29) is 6.79 Å². The highest BCUT2D eigenvalue weighted by atomic mass is 16.7. The van der Waals surface area contributed by atoms with E-state index >= 15 is 0 Å². The van der Waals surface area contributed by atoms with Crippen molar-refractivity contribution in [3.8, 4) is 23.0 Å². The Morgan fingerprint density at radius 2 is 1.84 bits per heavy atom. The third-order valence-corrected chi connectivity index (χ3v) is 4.40. The largest absolute Gasteiger partial charge is 0.496 e. The zero-order chi connectivity index (χ0) is 17.4. The van der Waals surface area contributed by atoms with Gasteiger partial charge in [0.1, 0.15) is 17.0 Å². The van der Waals surface area contributed by atoms with Crippen LogP contribution in [0.2, 0.25) is 0 Å². The molecular formula is C19H18N2O4. The number of nitrogens with zero attached hydrogens (tertiary/aromatic N) is 1. The SMILES string of the molecule is COc1cccc(OC)c1Cc1cnc2c3c(ccc2c1N)OCO3. The molecule has 0 saturated heterocycles. The Kier molecular flexibility index (Phi) is 3.72. The summed E-state index contributed by atoms with van der Waals surface area (Å²) in [6, 6.07) is 9.47. The fourth-order valence-electron chi connectivity index (χ4n) is 3.12. The fourth-order valence-corrected chi connectivity index (χ4v) is 3.12. The van der Waals surface area contributed by atoms with Gasteiger partial charge in [0.2, 0.25) is 6.79 Å². The first-order valence-corrected chi connectivity index (χ1v) is 7.88. The summed E-state index contributed by atoms with van der Waals surface area (Å²) in [5, 5.41) is 0.843. The highest BCUT2D eigenvalue weighted by Crippen LogP contribution is 2.41. The molecule has 25 heavy (non-hydrogen) atoms. The molecule has 0 saturated carbocycles. The van der Waals surface area contributed by atoms with Crippen molar-refractivity contribution in [2.45, 2.75) is 6.42 Å². The highest BCUT2D eigenvalue weighted by molar-refractivity contribution is 5.97. The van der Waals surface area contributed by atoms with Crippen LogP contribution in [0.25, 0.3) is 10.9 Å². The fraction of sp³-hybridized carbons (Fsp3) is 0.211. The molecule has 4 rings (SSSR count). The van der Waals surface area contributed by atoms with Crippen LogP contribution >= 0.6 is 0 Å². The topological polar surface area (TPSA) is 75.8 Å². The molecule has 0 amide bonds. The van der Waals surface area contributed by atoms with E-state index in [1.165, 1.54) is 0 Å².